The van der Waals surface area contributed by atoms with Gasteiger partial charge in [-0.1, -0.05) is 45.2 Å². The number of rotatable bonds is 8. The van der Waals surface area contributed by atoms with Crippen LogP contribution < -0.4 is 5.32 Å². The van der Waals surface area contributed by atoms with E-state index >= 15 is 0 Å². The molecular weight excluding hydrogens is 466 g/mol. The number of hydrogen-bond acceptors (Lipinski definition) is 6. The lowest BCUT2D eigenvalue weighted by Crippen LogP contribution is -2.04. The van der Waals surface area contributed by atoms with Crippen molar-refractivity contribution in [2.75, 3.05) is 5.32 Å². The molecule has 0 aromatic carbocycles. The Morgan fingerprint density at radius 1 is 1.17 bits per heavy atom. The second-order valence-electron chi connectivity index (χ2n) is 8.78. The Bertz CT molecular complexity index is 1590. The maximum atomic E-state index is 4.93. The van der Waals surface area contributed by atoms with Gasteiger partial charge >= 0.3 is 0 Å². The second kappa shape index (κ2) is 9.75. The first-order valence-electron chi connectivity index (χ1n) is 11.6. The third-order valence-corrected chi connectivity index (χ3v) is 6.78. The van der Waals surface area contributed by atoms with Gasteiger partial charge in [-0.3, -0.25) is 10.1 Å². The Balaban J connectivity index is 1.53. The molecule has 36 heavy (non-hydrogen) atoms. The molecule has 0 spiro atoms. The second-order valence-corrected chi connectivity index (χ2v) is 9.73. The SMILES string of the molecule is C=C/C=C(/c1cccs1)c1nc(-c2n[nH]c3ccc(-c4cncc(NC(=C)C(C)C)c4)nc23)[nH]c1C. The first-order chi connectivity index (χ1) is 17.4. The summed E-state index contributed by atoms with van der Waals surface area (Å²) in [5.74, 6) is 0.978. The lowest BCUT2D eigenvalue weighted by molar-refractivity contribution is 0.778. The molecule has 8 heteroatoms. The molecule has 0 amide bonds. The normalized spacial score (nSPS) is 11.8. The first-order valence-corrected chi connectivity index (χ1v) is 12.5. The fraction of sp³-hybridized carbons (Fsp3) is 0.143. The third kappa shape index (κ3) is 4.50. The molecule has 5 rings (SSSR count). The van der Waals surface area contributed by atoms with Crippen molar-refractivity contribution >= 4 is 33.6 Å². The molecule has 0 aliphatic rings. The number of aromatic nitrogens is 6. The largest absolute Gasteiger partial charge is 0.358 e. The average Bonchev–Trinajstić information content (AvgIpc) is 3.62. The van der Waals surface area contributed by atoms with E-state index in [0.717, 1.165) is 55.5 Å². The van der Waals surface area contributed by atoms with Crippen molar-refractivity contribution in [3.8, 4) is 22.8 Å². The molecule has 5 aromatic heterocycles. The summed E-state index contributed by atoms with van der Waals surface area (Å²) in [5.41, 5.74) is 8.59. The van der Waals surface area contributed by atoms with Crippen LogP contribution in [0.5, 0.6) is 0 Å². The van der Waals surface area contributed by atoms with Gasteiger partial charge in [0.2, 0.25) is 0 Å². The molecule has 0 aliphatic carbocycles. The Morgan fingerprint density at radius 3 is 2.78 bits per heavy atom. The third-order valence-electron chi connectivity index (χ3n) is 5.88. The Hall–Kier alpha value is -4.30. The van der Waals surface area contributed by atoms with Crippen molar-refractivity contribution in [2.24, 2.45) is 5.92 Å². The van der Waals surface area contributed by atoms with Crippen molar-refractivity contribution in [1.29, 1.82) is 0 Å². The smallest absolute Gasteiger partial charge is 0.161 e. The standard InChI is InChI=1S/C28H27N7S/c1-6-8-21(24-9-7-12-36-24)25-18(5)31-28(33-25)27-26-23(34-35-27)11-10-22(32-26)19-13-20(15-29-14-19)30-17(4)16(2)3/h6-16,30H,1,4H2,2-3,5H3,(H,31,33)(H,34,35)/b21-8-. The van der Waals surface area contributed by atoms with Gasteiger partial charge in [0.15, 0.2) is 11.5 Å². The Kier molecular flexibility index (Phi) is 6.35. The molecule has 7 nitrogen and oxygen atoms in total. The van der Waals surface area contributed by atoms with E-state index in [4.69, 9.17) is 9.97 Å². The van der Waals surface area contributed by atoms with Gasteiger partial charge in [-0.05, 0) is 42.5 Å². The lowest BCUT2D eigenvalue weighted by atomic mass is 10.1. The summed E-state index contributed by atoms with van der Waals surface area (Å²) < 4.78 is 0. The van der Waals surface area contributed by atoms with Crippen LogP contribution in [0.15, 0.2) is 79.1 Å². The summed E-state index contributed by atoms with van der Waals surface area (Å²) in [6.45, 7) is 14.2. The predicted molar refractivity (Wildman–Crippen MR) is 149 cm³/mol. The van der Waals surface area contributed by atoms with Crippen molar-refractivity contribution in [3.63, 3.8) is 0 Å². The molecule has 0 aliphatic heterocycles. The van der Waals surface area contributed by atoms with E-state index in [1.54, 1.807) is 29.8 Å². The van der Waals surface area contributed by atoms with Crippen LogP contribution >= 0.6 is 11.3 Å². The fourth-order valence-corrected chi connectivity index (χ4v) is 4.62. The van der Waals surface area contributed by atoms with Gasteiger partial charge in [0.05, 0.1) is 28.8 Å². The minimum Gasteiger partial charge on any atom is -0.358 e. The summed E-state index contributed by atoms with van der Waals surface area (Å²) in [7, 11) is 0. The van der Waals surface area contributed by atoms with E-state index in [2.05, 4.69) is 63.9 Å². The summed E-state index contributed by atoms with van der Waals surface area (Å²) >= 11 is 1.67. The molecule has 180 valence electrons. The highest BCUT2D eigenvalue weighted by Gasteiger charge is 2.19. The molecule has 5 aromatic rings. The van der Waals surface area contributed by atoms with Crippen LogP contribution in [0.2, 0.25) is 0 Å². The maximum Gasteiger partial charge on any atom is 0.161 e. The average molecular weight is 494 g/mol. The number of nitrogens with one attached hydrogen (secondary N) is 3. The number of pyridine rings is 2. The van der Waals surface area contributed by atoms with Gasteiger partial charge in [0.1, 0.15) is 5.52 Å². The molecule has 5 heterocycles. The number of imidazole rings is 1. The van der Waals surface area contributed by atoms with Gasteiger partial charge in [-0.15, -0.1) is 11.3 Å². The molecular formula is C28H27N7S. The lowest BCUT2D eigenvalue weighted by Gasteiger charge is -2.13. The quantitative estimate of drug-likeness (QED) is 0.203. The van der Waals surface area contributed by atoms with Crippen LogP contribution in [0, 0.1) is 12.8 Å². The number of H-pyrrole nitrogens is 2. The predicted octanol–water partition coefficient (Wildman–Crippen LogP) is 6.98. The number of fused-ring (bicyclic) bond motifs is 1. The van der Waals surface area contributed by atoms with E-state index in [9.17, 15) is 0 Å². The Labute approximate surface area is 213 Å². The van der Waals surface area contributed by atoms with E-state index in [1.165, 1.54) is 0 Å². The summed E-state index contributed by atoms with van der Waals surface area (Å²) in [6, 6.07) is 10.1. The minimum atomic E-state index is 0.319. The zero-order valence-corrected chi connectivity index (χ0v) is 21.3. The van der Waals surface area contributed by atoms with Gasteiger partial charge in [0.25, 0.3) is 0 Å². The van der Waals surface area contributed by atoms with E-state index in [1.807, 2.05) is 37.3 Å². The molecule has 0 unspecified atom stereocenters. The van der Waals surface area contributed by atoms with E-state index in [0.29, 0.717) is 17.4 Å². The maximum absolute atomic E-state index is 4.93. The van der Waals surface area contributed by atoms with Crippen LogP contribution in [0.3, 0.4) is 0 Å². The highest BCUT2D eigenvalue weighted by molar-refractivity contribution is 7.11. The molecule has 0 fully saturated rings. The van der Waals surface area contributed by atoms with Crippen molar-refractivity contribution in [2.45, 2.75) is 20.8 Å². The molecule has 0 bridgehead atoms. The molecule has 0 saturated carbocycles. The molecule has 0 saturated heterocycles. The molecule has 3 N–H and O–H groups in total. The zero-order chi connectivity index (χ0) is 25.2. The topological polar surface area (TPSA) is 95.2 Å². The number of aryl methyl sites for hydroxylation is 1. The highest BCUT2D eigenvalue weighted by Crippen LogP contribution is 2.32. The fourth-order valence-electron chi connectivity index (χ4n) is 3.87. The number of thiophene rings is 1. The van der Waals surface area contributed by atoms with E-state index in [-0.39, 0.29) is 0 Å². The van der Waals surface area contributed by atoms with E-state index < -0.39 is 0 Å². The number of aromatic amines is 2. The van der Waals surface area contributed by atoms with Crippen LogP contribution in [0.1, 0.15) is 30.1 Å². The van der Waals surface area contributed by atoms with Crippen LogP contribution in [-0.4, -0.2) is 30.1 Å². The van der Waals surface area contributed by atoms with Gasteiger partial charge in [-0.2, -0.15) is 5.10 Å². The monoisotopic (exact) mass is 493 g/mol. The summed E-state index contributed by atoms with van der Waals surface area (Å²) in [5, 5.41) is 13.0. The minimum absolute atomic E-state index is 0.319. The van der Waals surface area contributed by atoms with Crippen molar-refractivity contribution < 1.29 is 0 Å². The first kappa shape index (κ1) is 23.4. The number of allylic oxidation sites excluding steroid dienone is 3. The van der Waals surface area contributed by atoms with Gasteiger partial charge in [-0.25, -0.2) is 9.97 Å². The van der Waals surface area contributed by atoms with Crippen molar-refractivity contribution in [1.82, 2.24) is 30.1 Å². The number of hydrogen-bond donors (Lipinski definition) is 3. The van der Waals surface area contributed by atoms with Crippen LogP contribution in [-0.2, 0) is 0 Å². The molecule has 0 radical (unpaired) electrons. The van der Waals surface area contributed by atoms with Crippen LogP contribution in [0.4, 0.5) is 5.69 Å². The van der Waals surface area contributed by atoms with Crippen LogP contribution in [0.25, 0.3) is 39.4 Å². The van der Waals surface area contributed by atoms with Gasteiger partial charge < -0.3 is 10.3 Å². The Morgan fingerprint density at radius 2 is 2.03 bits per heavy atom. The number of anilines is 1. The molecule has 0 atom stereocenters. The van der Waals surface area contributed by atoms with Crippen molar-refractivity contribution in [3.05, 3.63) is 95.4 Å². The summed E-state index contributed by atoms with van der Waals surface area (Å²) in [4.78, 5) is 18.8. The van der Waals surface area contributed by atoms with Gasteiger partial charge in [0, 0.05) is 33.6 Å². The summed E-state index contributed by atoms with van der Waals surface area (Å²) in [6.07, 6.45) is 7.36. The zero-order valence-electron chi connectivity index (χ0n) is 20.5. The number of nitrogens with zero attached hydrogens (tertiary/aromatic N) is 4. The highest BCUT2D eigenvalue weighted by atomic mass is 32.1.